The number of carbonyl (C=O) groups is 1. The number of thiazole rings is 1. The van der Waals surface area contributed by atoms with Gasteiger partial charge >= 0.3 is 5.97 Å². The van der Waals surface area contributed by atoms with Gasteiger partial charge in [-0.1, -0.05) is 0 Å². The van der Waals surface area contributed by atoms with Crippen LogP contribution in [0.5, 0.6) is 0 Å². The fraction of sp³-hybridized carbons (Fsp3) is 0. The Balaban J connectivity index is 2.13. The van der Waals surface area contributed by atoms with Crippen LogP contribution in [0.4, 0.5) is 0 Å². The van der Waals surface area contributed by atoms with Crippen molar-refractivity contribution >= 4 is 54.8 Å². The Morgan fingerprint density at radius 3 is 2.72 bits per heavy atom. The van der Waals surface area contributed by atoms with Crippen LogP contribution in [0.1, 0.15) is 10.4 Å². The number of hydrogen-bond donors (Lipinski definition) is 1. The molecule has 0 radical (unpaired) electrons. The van der Waals surface area contributed by atoms with Crippen LogP contribution < -0.4 is 0 Å². The summed E-state index contributed by atoms with van der Waals surface area (Å²) in [5.74, 6) is -0.911. The minimum atomic E-state index is -0.911. The van der Waals surface area contributed by atoms with Crippen molar-refractivity contribution in [2.24, 2.45) is 0 Å². The maximum atomic E-state index is 10.9. The average molecular weight is 340 g/mol. The van der Waals surface area contributed by atoms with Gasteiger partial charge in [0.15, 0.2) is 0 Å². The molecule has 0 bridgehead atoms. The molecule has 0 unspecified atom stereocenters. The predicted octanol–water partition coefficient (Wildman–Crippen LogP) is 4.49. The molecular formula is C12H6BrNO2S2. The number of nitrogens with zero attached hydrogens (tertiary/aromatic N) is 1. The van der Waals surface area contributed by atoms with Gasteiger partial charge in [-0.15, -0.1) is 22.7 Å². The molecule has 2 heterocycles. The van der Waals surface area contributed by atoms with Crippen molar-refractivity contribution in [3.05, 3.63) is 39.7 Å². The SMILES string of the molecule is O=C(O)c1ccc2nc(-c3ccc(Br)s3)sc2c1. The van der Waals surface area contributed by atoms with Crippen LogP contribution >= 0.6 is 38.6 Å². The van der Waals surface area contributed by atoms with Crippen LogP contribution in [-0.4, -0.2) is 16.1 Å². The van der Waals surface area contributed by atoms with E-state index in [2.05, 4.69) is 20.9 Å². The van der Waals surface area contributed by atoms with Gasteiger partial charge in [0.25, 0.3) is 0 Å². The molecule has 1 N–H and O–H groups in total. The van der Waals surface area contributed by atoms with E-state index in [4.69, 9.17) is 5.11 Å². The van der Waals surface area contributed by atoms with Gasteiger partial charge < -0.3 is 5.11 Å². The molecule has 0 saturated heterocycles. The van der Waals surface area contributed by atoms with Crippen molar-refractivity contribution in [3.63, 3.8) is 0 Å². The molecule has 3 nitrogen and oxygen atoms in total. The molecule has 0 saturated carbocycles. The van der Waals surface area contributed by atoms with Gasteiger partial charge in [-0.05, 0) is 46.3 Å². The molecule has 1 aromatic carbocycles. The summed E-state index contributed by atoms with van der Waals surface area (Å²) in [4.78, 5) is 16.5. The van der Waals surface area contributed by atoms with E-state index < -0.39 is 5.97 Å². The first-order valence-electron chi connectivity index (χ1n) is 5.03. The summed E-state index contributed by atoms with van der Waals surface area (Å²) in [6, 6.07) is 8.99. The molecule has 18 heavy (non-hydrogen) atoms. The summed E-state index contributed by atoms with van der Waals surface area (Å²) < 4.78 is 1.96. The Labute approximate surface area is 119 Å². The average Bonchev–Trinajstić information content (AvgIpc) is 2.93. The van der Waals surface area contributed by atoms with Gasteiger partial charge in [0.1, 0.15) is 5.01 Å². The van der Waals surface area contributed by atoms with E-state index in [1.807, 2.05) is 12.1 Å². The second-order valence-corrected chi connectivity index (χ2v) is 7.10. The number of benzene rings is 1. The number of carboxylic acids is 1. The summed E-state index contributed by atoms with van der Waals surface area (Å²) in [7, 11) is 0. The zero-order valence-corrected chi connectivity index (χ0v) is 12.1. The highest BCUT2D eigenvalue weighted by Crippen LogP contribution is 2.36. The number of aromatic nitrogens is 1. The third-order valence-electron chi connectivity index (χ3n) is 2.42. The van der Waals surface area contributed by atoms with Crippen LogP contribution in [0.25, 0.3) is 20.1 Å². The molecule has 0 aliphatic rings. The van der Waals surface area contributed by atoms with Crippen LogP contribution in [0.3, 0.4) is 0 Å². The normalized spacial score (nSPS) is 10.9. The zero-order chi connectivity index (χ0) is 12.7. The lowest BCUT2D eigenvalue weighted by Crippen LogP contribution is -1.94. The zero-order valence-electron chi connectivity index (χ0n) is 8.88. The number of halogens is 1. The summed E-state index contributed by atoms with van der Waals surface area (Å²) >= 11 is 6.55. The Morgan fingerprint density at radius 1 is 1.22 bits per heavy atom. The van der Waals surface area contributed by atoms with Gasteiger partial charge in [-0.25, -0.2) is 9.78 Å². The van der Waals surface area contributed by atoms with Gasteiger partial charge in [-0.2, -0.15) is 0 Å². The molecule has 0 atom stereocenters. The third-order valence-corrected chi connectivity index (χ3v) is 5.23. The van der Waals surface area contributed by atoms with Crippen molar-refractivity contribution in [2.45, 2.75) is 0 Å². The van der Waals surface area contributed by atoms with Crippen LogP contribution in [0, 0.1) is 0 Å². The monoisotopic (exact) mass is 339 g/mol. The highest BCUT2D eigenvalue weighted by Gasteiger charge is 2.10. The lowest BCUT2D eigenvalue weighted by Gasteiger charge is -1.91. The smallest absolute Gasteiger partial charge is 0.335 e. The summed E-state index contributed by atoms with van der Waals surface area (Å²) in [5.41, 5.74) is 1.13. The fourth-order valence-electron chi connectivity index (χ4n) is 1.59. The largest absolute Gasteiger partial charge is 0.478 e. The molecule has 0 aliphatic carbocycles. The van der Waals surface area contributed by atoms with E-state index >= 15 is 0 Å². The Morgan fingerprint density at radius 2 is 2.06 bits per heavy atom. The summed E-state index contributed by atoms with van der Waals surface area (Å²) in [5, 5.41) is 9.87. The van der Waals surface area contributed by atoms with E-state index in [0.29, 0.717) is 5.56 Å². The molecular weight excluding hydrogens is 334 g/mol. The minimum Gasteiger partial charge on any atom is -0.478 e. The minimum absolute atomic E-state index is 0.296. The van der Waals surface area contributed by atoms with E-state index in [1.165, 1.54) is 11.3 Å². The van der Waals surface area contributed by atoms with Crippen molar-refractivity contribution in [1.29, 1.82) is 0 Å². The first-order chi connectivity index (χ1) is 8.63. The summed E-state index contributed by atoms with van der Waals surface area (Å²) in [6.45, 7) is 0. The molecule has 0 aliphatic heterocycles. The molecule has 6 heteroatoms. The maximum Gasteiger partial charge on any atom is 0.335 e. The maximum absolute atomic E-state index is 10.9. The van der Waals surface area contributed by atoms with E-state index in [0.717, 1.165) is 23.9 Å². The molecule has 90 valence electrons. The Kier molecular flexibility index (Phi) is 2.93. The van der Waals surface area contributed by atoms with Crippen LogP contribution in [0.2, 0.25) is 0 Å². The molecule has 0 amide bonds. The van der Waals surface area contributed by atoms with Crippen molar-refractivity contribution < 1.29 is 9.90 Å². The number of thiophene rings is 1. The first kappa shape index (κ1) is 11.8. The summed E-state index contributed by atoms with van der Waals surface area (Å²) in [6.07, 6.45) is 0. The lowest BCUT2D eigenvalue weighted by molar-refractivity contribution is 0.0697. The predicted molar refractivity (Wildman–Crippen MR) is 77.6 cm³/mol. The lowest BCUT2D eigenvalue weighted by atomic mass is 10.2. The quantitative estimate of drug-likeness (QED) is 0.748. The van der Waals surface area contributed by atoms with Gasteiger partial charge in [0, 0.05) is 0 Å². The Hall–Kier alpha value is -1.24. The van der Waals surface area contributed by atoms with Gasteiger partial charge in [0.05, 0.1) is 24.4 Å². The molecule has 2 aromatic heterocycles. The topological polar surface area (TPSA) is 50.2 Å². The van der Waals surface area contributed by atoms with Crippen LogP contribution in [0.15, 0.2) is 34.1 Å². The van der Waals surface area contributed by atoms with Gasteiger partial charge in [-0.3, -0.25) is 0 Å². The highest BCUT2D eigenvalue weighted by molar-refractivity contribution is 9.11. The number of aromatic carboxylic acids is 1. The molecule has 0 fully saturated rings. The van der Waals surface area contributed by atoms with Crippen LogP contribution in [-0.2, 0) is 0 Å². The molecule has 0 spiro atoms. The highest BCUT2D eigenvalue weighted by atomic mass is 79.9. The first-order valence-corrected chi connectivity index (χ1v) is 7.46. The van der Waals surface area contributed by atoms with Gasteiger partial charge in [0.2, 0.25) is 0 Å². The Bertz CT molecular complexity index is 747. The number of hydrogen-bond acceptors (Lipinski definition) is 4. The van der Waals surface area contributed by atoms with Crippen molar-refractivity contribution in [3.8, 4) is 9.88 Å². The van der Waals surface area contributed by atoms with E-state index in [9.17, 15) is 4.79 Å². The third kappa shape index (κ3) is 2.07. The number of carboxylic acid groups (broad SMARTS) is 1. The second kappa shape index (κ2) is 4.46. The standard InChI is InChI=1S/C12H6BrNO2S2/c13-10-4-3-8(17-10)11-14-7-2-1-6(12(15)16)5-9(7)18-11/h1-5H,(H,15,16). The van der Waals surface area contributed by atoms with E-state index in [-0.39, 0.29) is 0 Å². The number of rotatable bonds is 2. The van der Waals surface area contributed by atoms with E-state index in [1.54, 1.807) is 29.5 Å². The van der Waals surface area contributed by atoms with Crippen molar-refractivity contribution in [2.75, 3.05) is 0 Å². The number of fused-ring (bicyclic) bond motifs is 1. The molecule has 3 rings (SSSR count). The second-order valence-electron chi connectivity index (χ2n) is 3.61. The fourth-order valence-corrected chi connectivity index (χ4v) is 4.04. The van der Waals surface area contributed by atoms with Crippen molar-refractivity contribution in [1.82, 2.24) is 4.98 Å². The molecule has 3 aromatic rings.